The zero-order valence-corrected chi connectivity index (χ0v) is 10.8. The van der Waals surface area contributed by atoms with Crippen LogP contribution in [0.1, 0.15) is 26.3 Å². The van der Waals surface area contributed by atoms with Crippen LogP contribution < -0.4 is 0 Å². The van der Waals surface area contributed by atoms with E-state index in [1.165, 1.54) is 0 Å². The Kier molecular flexibility index (Phi) is 5.16. The van der Waals surface area contributed by atoms with Crippen molar-refractivity contribution in [2.75, 3.05) is 6.54 Å². The Bertz CT molecular complexity index is 348. The molecule has 0 aliphatic carbocycles. The Hall–Kier alpha value is -1.35. The molecule has 1 N–H and O–H groups in total. The molecule has 0 radical (unpaired) electrons. The maximum atomic E-state index is 11.3. The van der Waals surface area contributed by atoms with E-state index in [1.54, 1.807) is 0 Å². The van der Waals surface area contributed by atoms with Gasteiger partial charge in [-0.3, -0.25) is 9.69 Å². The Morgan fingerprint density at radius 1 is 1.29 bits per heavy atom. The molecule has 17 heavy (non-hydrogen) atoms. The fourth-order valence-electron chi connectivity index (χ4n) is 2.09. The van der Waals surface area contributed by atoms with Gasteiger partial charge in [-0.1, -0.05) is 51.1 Å². The SMILES string of the molecule is CCN(Cc1ccccc1)C(C(=O)O)C(C)C. The number of likely N-dealkylation sites (N-methyl/N-ethyl adjacent to an activating group) is 1. The lowest BCUT2D eigenvalue weighted by molar-refractivity contribution is -0.145. The normalized spacial score (nSPS) is 13.0. The van der Waals surface area contributed by atoms with Crippen LogP contribution in [0.3, 0.4) is 0 Å². The standard InChI is InChI=1S/C14H21NO2/c1-4-15(13(11(2)3)14(16)17)10-12-8-6-5-7-9-12/h5-9,11,13H,4,10H2,1-3H3,(H,16,17). The van der Waals surface area contributed by atoms with Crippen LogP contribution in [0, 0.1) is 5.92 Å². The molecule has 1 aromatic carbocycles. The number of carbonyl (C=O) groups is 1. The maximum absolute atomic E-state index is 11.3. The third-order valence-electron chi connectivity index (χ3n) is 2.91. The number of carboxylic acids is 1. The highest BCUT2D eigenvalue weighted by atomic mass is 16.4. The third kappa shape index (κ3) is 3.86. The van der Waals surface area contributed by atoms with E-state index in [0.717, 1.165) is 12.1 Å². The summed E-state index contributed by atoms with van der Waals surface area (Å²) in [6, 6.07) is 9.57. The number of benzene rings is 1. The lowest BCUT2D eigenvalue weighted by Gasteiger charge is -2.30. The molecular formula is C14H21NO2. The molecular weight excluding hydrogens is 214 g/mol. The van der Waals surface area contributed by atoms with Gasteiger partial charge in [0, 0.05) is 6.54 Å². The molecule has 0 aliphatic rings. The molecule has 0 heterocycles. The summed E-state index contributed by atoms with van der Waals surface area (Å²) >= 11 is 0. The van der Waals surface area contributed by atoms with Gasteiger partial charge in [0.25, 0.3) is 0 Å². The number of hydrogen-bond donors (Lipinski definition) is 1. The van der Waals surface area contributed by atoms with Gasteiger partial charge in [-0.05, 0) is 18.0 Å². The smallest absolute Gasteiger partial charge is 0.321 e. The second-order valence-electron chi connectivity index (χ2n) is 4.58. The molecule has 3 nitrogen and oxygen atoms in total. The summed E-state index contributed by atoms with van der Waals surface area (Å²) in [4.78, 5) is 13.3. The quantitative estimate of drug-likeness (QED) is 0.824. The van der Waals surface area contributed by atoms with E-state index in [1.807, 2.05) is 56.0 Å². The number of nitrogens with zero attached hydrogens (tertiary/aromatic N) is 1. The molecule has 3 heteroatoms. The van der Waals surface area contributed by atoms with Gasteiger partial charge < -0.3 is 5.11 Å². The summed E-state index contributed by atoms with van der Waals surface area (Å²) < 4.78 is 0. The lowest BCUT2D eigenvalue weighted by Crippen LogP contribution is -2.44. The largest absolute Gasteiger partial charge is 0.480 e. The number of hydrogen-bond acceptors (Lipinski definition) is 2. The fourth-order valence-corrected chi connectivity index (χ4v) is 2.09. The highest BCUT2D eigenvalue weighted by Gasteiger charge is 2.27. The Balaban J connectivity index is 2.80. The predicted octanol–water partition coefficient (Wildman–Crippen LogP) is 2.62. The molecule has 0 saturated carbocycles. The van der Waals surface area contributed by atoms with Crippen molar-refractivity contribution in [3.8, 4) is 0 Å². The van der Waals surface area contributed by atoms with Gasteiger partial charge in [0.2, 0.25) is 0 Å². The van der Waals surface area contributed by atoms with Gasteiger partial charge in [-0.15, -0.1) is 0 Å². The van der Waals surface area contributed by atoms with Crippen LogP contribution in [-0.4, -0.2) is 28.6 Å². The van der Waals surface area contributed by atoms with Crippen molar-refractivity contribution < 1.29 is 9.90 Å². The van der Waals surface area contributed by atoms with E-state index in [0.29, 0.717) is 6.54 Å². The second-order valence-corrected chi connectivity index (χ2v) is 4.58. The Morgan fingerprint density at radius 2 is 1.88 bits per heavy atom. The summed E-state index contributed by atoms with van der Waals surface area (Å²) in [5.41, 5.74) is 1.15. The van der Waals surface area contributed by atoms with Crippen LogP contribution in [-0.2, 0) is 11.3 Å². The summed E-state index contributed by atoms with van der Waals surface area (Å²) in [5.74, 6) is -0.631. The lowest BCUT2D eigenvalue weighted by atomic mass is 10.0. The third-order valence-corrected chi connectivity index (χ3v) is 2.91. The van der Waals surface area contributed by atoms with Crippen LogP contribution in [0.4, 0.5) is 0 Å². The van der Waals surface area contributed by atoms with Crippen molar-refractivity contribution >= 4 is 5.97 Å². The fraction of sp³-hybridized carbons (Fsp3) is 0.500. The Morgan fingerprint density at radius 3 is 2.29 bits per heavy atom. The summed E-state index contributed by atoms with van der Waals surface area (Å²) in [6.07, 6.45) is 0. The highest BCUT2D eigenvalue weighted by Crippen LogP contribution is 2.14. The summed E-state index contributed by atoms with van der Waals surface area (Å²) in [7, 11) is 0. The van der Waals surface area contributed by atoms with Crippen LogP contribution in [0.25, 0.3) is 0 Å². The van der Waals surface area contributed by atoms with Gasteiger partial charge in [0.05, 0.1) is 0 Å². The van der Waals surface area contributed by atoms with Crippen molar-refractivity contribution in [2.24, 2.45) is 5.92 Å². The van der Waals surface area contributed by atoms with Gasteiger partial charge >= 0.3 is 5.97 Å². The first kappa shape index (κ1) is 13.7. The minimum absolute atomic E-state index is 0.108. The van der Waals surface area contributed by atoms with Gasteiger partial charge in [0.15, 0.2) is 0 Å². The zero-order valence-electron chi connectivity index (χ0n) is 10.8. The van der Waals surface area contributed by atoms with Gasteiger partial charge in [0.1, 0.15) is 6.04 Å². The molecule has 1 atom stereocenters. The second kappa shape index (κ2) is 6.40. The first-order valence-electron chi connectivity index (χ1n) is 6.07. The molecule has 0 fully saturated rings. The van der Waals surface area contributed by atoms with Crippen LogP contribution in [0.2, 0.25) is 0 Å². The van der Waals surface area contributed by atoms with Crippen molar-refractivity contribution in [3.05, 3.63) is 35.9 Å². The van der Waals surface area contributed by atoms with Crippen molar-refractivity contribution in [2.45, 2.75) is 33.4 Å². The van der Waals surface area contributed by atoms with Crippen molar-refractivity contribution in [3.63, 3.8) is 0 Å². The molecule has 0 spiro atoms. The maximum Gasteiger partial charge on any atom is 0.321 e. The molecule has 0 amide bonds. The monoisotopic (exact) mass is 235 g/mol. The minimum Gasteiger partial charge on any atom is -0.480 e. The van der Waals surface area contributed by atoms with Gasteiger partial charge in [-0.2, -0.15) is 0 Å². The van der Waals surface area contributed by atoms with Crippen LogP contribution in [0.5, 0.6) is 0 Å². The number of carboxylic acid groups (broad SMARTS) is 1. The van der Waals surface area contributed by atoms with E-state index < -0.39 is 12.0 Å². The summed E-state index contributed by atoms with van der Waals surface area (Å²) in [5, 5.41) is 9.28. The molecule has 0 aliphatic heterocycles. The molecule has 0 bridgehead atoms. The van der Waals surface area contributed by atoms with E-state index in [9.17, 15) is 9.90 Å². The van der Waals surface area contributed by atoms with E-state index >= 15 is 0 Å². The molecule has 0 saturated heterocycles. The van der Waals surface area contributed by atoms with Crippen molar-refractivity contribution in [1.82, 2.24) is 4.90 Å². The van der Waals surface area contributed by atoms with Crippen LogP contribution >= 0.6 is 0 Å². The first-order chi connectivity index (χ1) is 8.06. The zero-order chi connectivity index (χ0) is 12.8. The number of aliphatic carboxylic acids is 1. The Labute approximate surface area is 103 Å². The predicted molar refractivity (Wildman–Crippen MR) is 68.8 cm³/mol. The molecule has 1 aromatic rings. The molecule has 94 valence electrons. The van der Waals surface area contributed by atoms with Gasteiger partial charge in [-0.25, -0.2) is 0 Å². The summed E-state index contributed by atoms with van der Waals surface area (Å²) in [6.45, 7) is 7.33. The topological polar surface area (TPSA) is 40.5 Å². The van der Waals surface area contributed by atoms with E-state index in [2.05, 4.69) is 0 Å². The minimum atomic E-state index is -0.738. The highest BCUT2D eigenvalue weighted by molar-refractivity contribution is 5.73. The van der Waals surface area contributed by atoms with Crippen LogP contribution in [0.15, 0.2) is 30.3 Å². The van der Waals surface area contributed by atoms with E-state index in [-0.39, 0.29) is 5.92 Å². The average molecular weight is 235 g/mol. The van der Waals surface area contributed by atoms with Crippen molar-refractivity contribution in [1.29, 1.82) is 0 Å². The van der Waals surface area contributed by atoms with E-state index in [4.69, 9.17) is 0 Å². The molecule has 0 aromatic heterocycles. The molecule has 1 rings (SSSR count). The number of rotatable bonds is 6. The first-order valence-corrected chi connectivity index (χ1v) is 6.07. The molecule has 1 unspecified atom stereocenters. The average Bonchev–Trinajstić information content (AvgIpc) is 2.28.